The van der Waals surface area contributed by atoms with E-state index in [1.165, 1.54) is 22.7 Å². The molecule has 41 heavy (non-hydrogen) atoms. The second kappa shape index (κ2) is 13.6. The summed E-state index contributed by atoms with van der Waals surface area (Å²) in [5, 5.41) is 26.0. The predicted octanol–water partition coefficient (Wildman–Crippen LogP) is 5.60. The number of carbonyl (C=O) groups excluding carboxylic acids is 2. The van der Waals surface area contributed by atoms with Crippen molar-refractivity contribution >= 4 is 44.8 Å². The van der Waals surface area contributed by atoms with Crippen LogP contribution in [0.2, 0.25) is 0 Å². The van der Waals surface area contributed by atoms with Crippen molar-refractivity contribution < 1.29 is 19.1 Å². The van der Waals surface area contributed by atoms with Crippen LogP contribution in [0.15, 0.2) is 48.5 Å². The minimum atomic E-state index is -0.132. The van der Waals surface area contributed by atoms with Gasteiger partial charge in [0.15, 0.2) is 0 Å². The number of nitrogens with one attached hydrogen (secondary N) is 2. The van der Waals surface area contributed by atoms with Crippen molar-refractivity contribution in [1.82, 2.24) is 20.4 Å². The summed E-state index contributed by atoms with van der Waals surface area (Å²) in [6.07, 6.45) is 5.57. The van der Waals surface area contributed by atoms with Gasteiger partial charge in [-0.1, -0.05) is 59.8 Å². The zero-order valence-electron chi connectivity index (χ0n) is 23.0. The van der Waals surface area contributed by atoms with Crippen molar-refractivity contribution in [1.29, 1.82) is 0 Å². The zero-order valence-corrected chi connectivity index (χ0v) is 24.6. The monoisotopic (exact) mass is 592 g/mol. The molecule has 2 N–H and O–H groups in total. The fourth-order valence-electron chi connectivity index (χ4n) is 4.89. The molecule has 214 valence electrons. The Morgan fingerprint density at radius 2 is 1.12 bits per heavy atom. The molecule has 0 aliphatic heterocycles. The zero-order chi connectivity index (χ0) is 28.6. The molecule has 12 heteroatoms. The Morgan fingerprint density at radius 3 is 1.51 bits per heavy atom. The number of benzene rings is 2. The lowest BCUT2D eigenvalue weighted by Crippen LogP contribution is -2.14. The molecule has 1 saturated carbocycles. The van der Waals surface area contributed by atoms with Crippen LogP contribution in [0.4, 0.5) is 10.3 Å². The van der Waals surface area contributed by atoms with Crippen LogP contribution in [-0.2, 0) is 22.4 Å². The minimum Gasteiger partial charge on any atom is -0.497 e. The van der Waals surface area contributed by atoms with Crippen molar-refractivity contribution in [3.05, 3.63) is 69.7 Å². The lowest BCUT2D eigenvalue weighted by Gasteiger charge is -2.15. The number of carbonyl (C=O) groups is 2. The third-order valence-corrected chi connectivity index (χ3v) is 9.05. The number of ether oxygens (including phenoxy) is 2. The first kappa shape index (κ1) is 28.6. The van der Waals surface area contributed by atoms with Crippen molar-refractivity contribution in [2.75, 3.05) is 24.9 Å². The third kappa shape index (κ3) is 7.86. The van der Waals surface area contributed by atoms with E-state index in [-0.39, 0.29) is 36.5 Å². The van der Waals surface area contributed by atoms with E-state index >= 15 is 0 Å². The minimum absolute atomic E-state index is 0.132. The number of hydrogen-bond donors (Lipinski definition) is 2. The fraction of sp³-hybridized carbons (Fsp3) is 0.379. The average Bonchev–Trinajstić information content (AvgIpc) is 3.57. The van der Waals surface area contributed by atoms with Crippen molar-refractivity contribution in [2.45, 2.75) is 56.8 Å². The molecule has 0 unspecified atom stereocenters. The lowest BCUT2D eigenvalue weighted by atomic mass is 9.94. The summed E-state index contributed by atoms with van der Waals surface area (Å²) in [4.78, 5) is 25.1. The highest BCUT2D eigenvalue weighted by atomic mass is 32.1. The Hall–Kier alpha value is -3.90. The molecule has 10 nitrogen and oxygen atoms in total. The highest BCUT2D eigenvalue weighted by Gasteiger charge is 2.28. The first-order chi connectivity index (χ1) is 20.0. The van der Waals surface area contributed by atoms with Crippen molar-refractivity contribution in [3.63, 3.8) is 0 Å². The molecule has 2 atom stereocenters. The van der Waals surface area contributed by atoms with E-state index in [0.717, 1.165) is 64.7 Å². The summed E-state index contributed by atoms with van der Waals surface area (Å²) in [5.74, 6) is 1.69. The van der Waals surface area contributed by atoms with Crippen LogP contribution in [-0.4, -0.2) is 46.4 Å². The number of nitrogens with zero attached hydrogens (tertiary/aromatic N) is 4. The van der Waals surface area contributed by atoms with E-state index in [9.17, 15) is 9.59 Å². The molecular formula is C29H32N6O4S2. The van der Waals surface area contributed by atoms with E-state index in [4.69, 9.17) is 9.47 Å². The van der Waals surface area contributed by atoms with Gasteiger partial charge in [-0.15, -0.1) is 20.4 Å². The summed E-state index contributed by atoms with van der Waals surface area (Å²) in [6.45, 7) is 0. The number of aromatic nitrogens is 4. The Balaban J connectivity index is 1.16. The number of hydrogen-bond acceptors (Lipinski definition) is 10. The summed E-state index contributed by atoms with van der Waals surface area (Å²) < 4.78 is 10.3. The van der Waals surface area contributed by atoms with Crippen molar-refractivity contribution in [3.8, 4) is 11.5 Å². The smallest absolute Gasteiger partial charge is 0.230 e. The molecule has 2 amide bonds. The van der Waals surface area contributed by atoms with E-state index in [0.29, 0.717) is 10.3 Å². The first-order valence-electron chi connectivity index (χ1n) is 13.5. The van der Waals surface area contributed by atoms with Gasteiger partial charge in [-0.3, -0.25) is 9.59 Å². The van der Waals surface area contributed by atoms with E-state index in [1.807, 2.05) is 48.5 Å². The SMILES string of the molecule is COc1ccc(CC(=O)Nc2nnc([C@H]3CCCC[C@H](c4nnc(NC(=O)Cc5ccc(OC)cc5)s4)C3)s2)cc1. The second-order valence-corrected chi connectivity index (χ2v) is 12.0. The van der Waals surface area contributed by atoms with E-state index in [2.05, 4.69) is 31.0 Å². The van der Waals surface area contributed by atoms with E-state index in [1.54, 1.807) is 14.2 Å². The molecule has 4 aromatic rings. The third-order valence-electron chi connectivity index (χ3n) is 7.04. The van der Waals surface area contributed by atoms with Gasteiger partial charge in [0, 0.05) is 11.8 Å². The maximum Gasteiger partial charge on any atom is 0.230 e. The Bertz CT molecular complexity index is 1340. The Labute approximate surface area is 246 Å². The molecule has 5 rings (SSSR count). The van der Waals surface area contributed by atoms with Crippen LogP contribution in [0.5, 0.6) is 11.5 Å². The average molecular weight is 593 g/mol. The highest BCUT2D eigenvalue weighted by Crippen LogP contribution is 2.42. The number of rotatable bonds is 10. The van der Waals surface area contributed by atoms with Gasteiger partial charge in [0.2, 0.25) is 22.1 Å². The highest BCUT2D eigenvalue weighted by molar-refractivity contribution is 7.15. The summed E-state index contributed by atoms with van der Waals surface area (Å²) in [7, 11) is 3.23. The Kier molecular flexibility index (Phi) is 9.52. The van der Waals surface area contributed by atoms with Crippen LogP contribution >= 0.6 is 22.7 Å². The Morgan fingerprint density at radius 1 is 0.707 bits per heavy atom. The van der Waals surface area contributed by atoms with Crippen LogP contribution in [0.25, 0.3) is 0 Å². The molecule has 1 aliphatic carbocycles. The maximum absolute atomic E-state index is 12.6. The van der Waals surface area contributed by atoms with Gasteiger partial charge in [0.05, 0.1) is 27.1 Å². The van der Waals surface area contributed by atoms with Crippen LogP contribution in [0, 0.1) is 0 Å². The molecule has 2 aromatic carbocycles. The summed E-state index contributed by atoms with van der Waals surface area (Å²) in [5.41, 5.74) is 1.79. The normalized spacial score (nSPS) is 16.9. The van der Waals surface area contributed by atoms with Gasteiger partial charge >= 0.3 is 0 Å². The standard InChI is InChI=1S/C29H32N6O4S2/c1-38-22-11-7-18(8-12-22)15-24(36)30-28-34-32-26(40-28)20-5-3-4-6-21(17-20)27-33-35-29(41-27)31-25(37)16-19-9-13-23(39-2)14-10-19/h7-14,20-21H,3-6,15-17H2,1-2H3,(H,30,34,36)(H,31,35,37)/t20-,21-/m0/s1. The van der Waals surface area contributed by atoms with Gasteiger partial charge in [-0.2, -0.15) is 0 Å². The van der Waals surface area contributed by atoms with Gasteiger partial charge in [0.25, 0.3) is 0 Å². The largest absolute Gasteiger partial charge is 0.497 e. The quantitative estimate of drug-likeness (QED) is 0.228. The maximum atomic E-state index is 12.6. The van der Waals surface area contributed by atoms with Gasteiger partial charge in [-0.25, -0.2) is 0 Å². The van der Waals surface area contributed by atoms with E-state index < -0.39 is 0 Å². The van der Waals surface area contributed by atoms with Crippen molar-refractivity contribution in [2.24, 2.45) is 0 Å². The first-order valence-corrected chi connectivity index (χ1v) is 15.1. The van der Waals surface area contributed by atoms with Crippen LogP contribution < -0.4 is 20.1 Å². The summed E-state index contributed by atoms with van der Waals surface area (Å²) in [6, 6.07) is 14.9. The second-order valence-electron chi connectivity index (χ2n) is 9.95. The topological polar surface area (TPSA) is 128 Å². The van der Waals surface area contributed by atoms with Gasteiger partial charge in [-0.05, 0) is 54.7 Å². The van der Waals surface area contributed by atoms with Gasteiger partial charge in [0.1, 0.15) is 21.5 Å². The number of methoxy groups -OCH3 is 2. The predicted molar refractivity (Wildman–Crippen MR) is 159 cm³/mol. The molecule has 2 heterocycles. The van der Waals surface area contributed by atoms with Crippen LogP contribution in [0.3, 0.4) is 0 Å². The lowest BCUT2D eigenvalue weighted by molar-refractivity contribution is -0.116. The molecule has 1 fully saturated rings. The molecule has 0 saturated heterocycles. The summed E-state index contributed by atoms with van der Waals surface area (Å²) >= 11 is 2.87. The molecule has 0 spiro atoms. The molecule has 1 aliphatic rings. The number of anilines is 2. The molecule has 2 aromatic heterocycles. The fourth-order valence-corrected chi connectivity index (χ4v) is 6.71. The molecule has 0 bridgehead atoms. The van der Waals surface area contributed by atoms with Gasteiger partial charge < -0.3 is 20.1 Å². The number of amides is 2. The molecule has 0 radical (unpaired) electrons. The molecular weight excluding hydrogens is 560 g/mol. The van der Waals surface area contributed by atoms with Crippen LogP contribution in [0.1, 0.15) is 65.1 Å².